The summed E-state index contributed by atoms with van der Waals surface area (Å²) in [4.78, 5) is 16.8. The van der Waals surface area contributed by atoms with E-state index < -0.39 is 0 Å². The number of benzene rings is 2. The molecule has 1 aromatic heterocycles. The molecule has 1 saturated heterocycles. The lowest BCUT2D eigenvalue weighted by Gasteiger charge is -2.35. The molecule has 5 heteroatoms. The van der Waals surface area contributed by atoms with Crippen LogP contribution in [0, 0.1) is 0 Å². The molecular weight excluding hydrogens is 404 g/mol. The van der Waals surface area contributed by atoms with Crippen LogP contribution in [0.4, 0.5) is 5.00 Å². The molecule has 4 rings (SSSR count). The topological polar surface area (TPSA) is 41.6 Å². The number of carbonyl (C=O) groups is 1. The highest BCUT2D eigenvalue weighted by Crippen LogP contribution is 2.41. The van der Waals surface area contributed by atoms with Crippen LogP contribution in [0.2, 0.25) is 0 Å². The lowest BCUT2D eigenvalue weighted by Crippen LogP contribution is -2.34. The lowest BCUT2D eigenvalue weighted by atomic mass is 9.95. The van der Waals surface area contributed by atoms with Crippen molar-refractivity contribution in [1.82, 2.24) is 4.90 Å². The van der Waals surface area contributed by atoms with E-state index in [2.05, 4.69) is 35.3 Å². The van der Waals surface area contributed by atoms with Crippen LogP contribution in [0.1, 0.15) is 58.6 Å². The van der Waals surface area contributed by atoms with Crippen LogP contribution >= 0.6 is 11.3 Å². The van der Waals surface area contributed by atoms with Gasteiger partial charge in [-0.15, -0.1) is 11.3 Å². The van der Waals surface area contributed by atoms with Crippen LogP contribution in [0.15, 0.2) is 60.7 Å². The van der Waals surface area contributed by atoms with Gasteiger partial charge in [-0.3, -0.25) is 9.69 Å². The number of nitrogens with one attached hydrogen (secondary N) is 1. The smallest absolute Gasteiger partial charge is 0.256 e. The summed E-state index contributed by atoms with van der Waals surface area (Å²) in [5.41, 5.74) is 3.11. The summed E-state index contributed by atoms with van der Waals surface area (Å²) in [6.45, 7) is 4.31. The highest BCUT2D eigenvalue weighted by molar-refractivity contribution is 7.16. The van der Waals surface area contributed by atoms with Gasteiger partial charge in [0, 0.05) is 16.0 Å². The van der Waals surface area contributed by atoms with Crippen LogP contribution < -0.4 is 10.1 Å². The van der Waals surface area contributed by atoms with Gasteiger partial charge in [0.1, 0.15) is 10.8 Å². The van der Waals surface area contributed by atoms with Crippen LogP contribution in [-0.4, -0.2) is 31.0 Å². The molecule has 31 heavy (non-hydrogen) atoms. The number of methoxy groups -OCH3 is 1. The third kappa shape index (κ3) is 5.00. The number of amides is 1. The first-order valence-corrected chi connectivity index (χ1v) is 11.9. The molecule has 0 bridgehead atoms. The van der Waals surface area contributed by atoms with Gasteiger partial charge in [-0.05, 0) is 68.2 Å². The number of thiophene rings is 1. The van der Waals surface area contributed by atoms with Gasteiger partial charge in [-0.2, -0.15) is 0 Å². The average Bonchev–Trinajstić information content (AvgIpc) is 3.23. The SMILES string of the molecule is CCc1cc(C(c2ccc(OC)cc2)N2CCCCC2)c(NC(=O)c2ccccc2)s1. The zero-order valence-electron chi connectivity index (χ0n) is 18.3. The van der Waals surface area contributed by atoms with Gasteiger partial charge < -0.3 is 10.1 Å². The monoisotopic (exact) mass is 434 g/mol. The second kappa shape index (κ2) is 10.1. The quantitative estimate of drug-likeness (QED) is 0.485. The van der Waals surface area contributed by atoms with Gasteiger partial charge in [0.2, 0.25) is 0 Å². The molecule has 2 aromatic carbocycles. The minimum atomic E-state index is -0.0570. The van der Waals surface area contributed by atoms with Gasteiger partial charge in [0.25, 0.3) is 5.91 Å². The number of hydrogen-bond acceptors (Lipinski definition) is 4. The Morgan fingerprint density at radius 3 is 2.42 bits per heavy atom. The molecule has 1 N–H and O–H groups in total. The Morgan fingerprint density at radius 1 is 1.06 bits per heavy atom. The summed E-state index contributed by atoms with van der Waals surface area (Å²) in [7, 11) is 1.70. The molecule has 0 radical (unpaired) electrons. The van der Waals surface area contributed by atoms with Crippen molar-refractivity contribution < 1.29 is 9.53 Å². The first kappa shape index (κ1) is 21.6. The predicted octanol–water partition coefficient (Wildman–Crippen LogP) is 6.15. The van der Waals surface area contributed by atoms with Crippen LogP contribution in [-0.2, 0) is 6.42 Å². The summed E-state index contributed by atoms with van der Waals surface area (Å²) >= 11 is 1.69. The van der Waals surface area contributed by atoms with Gasteiger partial charge in [0.15, 0.2) is 0 Å². The average molecular weight is 435 g/mol. The maximum absolute atomic E-state index is 12.9. The fraction of sp³-hybridized carbons (Fsp3) is 0.346. The van der Waals surface area contributed by atoms with Gasteiger partial charge >= 0.3 is 0 Å². The molecule has 3 aromatic rings. The maximum Gasteiger partial charge on any atom is 0.256 e. The van der Waals surface area contributed by atoms with E-state index in [0.717, 1.165) is 30.3 Å². The van der Waals surface area contributed by atoms with Crippen LogP contribution in [0.3, 0.4) is 0 Å². The van der Waals surface area contributed by atoms with E-state index in [0.29, 0.717) is 5.56 Å². The predicted molar refractivity (Wildman–Crippen MR) is 128 cm³/mol. The number of likely N-dealkylation sites (tertiary alicyclic amines) is 1. The Bertz CT molecular complexity index is 992. The van der Waals surface area contributed by atoms with E-state index in [-0.39, 0.29) is 11.9 Å². The maximum atomic E-state index is 12.9. The van der Waals surface area contributed by atoms with Crippen molar-refractivity contribution in [2.45, 2.75) is 38.6 Å². The minimum Gasteiger partial charge on any atom is -0.497 e. The highest BCUT2D eigenvalue weighted by atomic mass is 32.1. The first-order chi connectivity index (χ1) is 15.2. The van der Waals surface area contributed by atoms with Crippen molar-refractivity contribution in [1.29, 1.82) is 0 Å². The van der Waals surface area contributed by atoms with E-state index in [1.165, 1.54) is 35.3 Å². The van der Waals surface area contributed by atoms with E-state index in [4.69, 9.17) is 4.74 Å². The number of piperidine rings is 1. The molecule has 1 aliphatic heterocycles. The molecule has 1 amide bonds. The molecule has 1 fully saturated rings. The molecule has 162 valence electrons. The molecule has 0 saturated carbocycles. The van der Waals surface area contributed by atoms with E-state index in [1.807, 2.05) is 42.5 Å². The van der Waals surface area contributed by atoms with Crippen molar-refractivity contribution >= 4 is 22.2 Å². The number of nitrogens with zero attached hydrogens (tertiary/aromatic N) is 1. The standard InChI is InChI=1S/C26H30N2O2S/c1-3-22-18-23(26(31-22)27-25(29)20-10-6-4-7-11-20)24(28-16-8-5-9-17-28)19-12-14-21(30-2)15-13-19/h4,6-7,10-15,18,24H,3,5,8-9,16-17H2,1-2H3,(H,27,29). The van der Waals surface area contributed by atoms with Crippen molar-refractivity contribution in [3.63, 3.8) is 0 Å². The first-order valence-electron chi connectivity index (χ1n) is 11.1. The third-order valence-electron chi connectivity index (χ3n) is 5.91. The molecule has 1 atom stereocenters. The summed E-state index contributed by atoms with van der Waals surface area (Å²) < 4.78 is 5.38. The molecule has 0 spiro atoms. The van der Waals surface area contributed by atoms with E-state index >= 15 is 0 Å². The highest BCUT2D eigenvalue weighted by Gasteiger charge is 2.28. The fourth-order valence-corrected chi connectivity index (χ4v) is 5.27. The van der Waals surface area contributed by atoms with Gasteiger partial charge in [0.05, 0.1) is 13.2 Å². The number of ether oxygens (including phenoxy) is 1. The molecule has 2 heterocycles. The van der Waals surface area contributed by atoms with Gasteiger partial charge in [-0.25, -0.2) is 0 Å². The van der Waals surface area contributed by atoms with Crippen LogP contribution in [0.5, 0.6) is 5.75 Å². The largest absolute Gasteiger partial charge is 0.497 e. The number of hydrogen-bond donors (Lipinski definition) is 1. The minimum absolute atomic E-state index is 0.0570. The summed E-state index contributed by atoms with van der Waals surface area (Å²) in [6, 6.07) is 20.2. The Labute approximate surface area is 188 Å². The molecule has 1 aliphatic rings. The number of carbonyl (C=O) groups excluding carboxylic acids is 1. The van der Waals surface area contributed by atoms with Crippen molar-refractivity contribution in [3.8, 4) is 5.75 Å². The second-order valence-electron chi connectivity index (χ2n) is 7.94. The molecule has 4 nitrogen and oxygen atoms in total. The molecular formula is C26H30N2O2S. The van der Waals surface area contributed by atoms with E-state index in [1.54, 1.807) is 18.4 Å². The Kier molecular flexibility index (Phi) is 7.05. The normalized spacial score (nSPS) is 15.4. The molecule has 0 aliphatic carbocycles. The van der Waals surface area contributed by atoms with Crippen LogP contribution in [0.25, 0.3) is 0 Å². The van der Waals surface area contributed by atoms with Crippen molar-refractivity contribution in [3.05, 3.63) is 82.2 Å². The zero-order valence-corrected chi connectivity index (χ0v) is 19.1. The Morgan fingerprint density at radius 2 is 1.77 bits per heavy atom. The second-order valence-corrected chi connectivity index (χ2v) is 9.08. The Hall–Kier alpha value is -2.63. The summed E-state index contributed by atoms with van der Waals surface area (Å²) in [5, 5.41) is 4.18. The van der Waals surface area contributed by atoms with Crippen molar-refractivity contribution in [2.75, 3.05) is 25.5 Å². The zero-order chi connectivity index (χ0) is 21.6. The van der Waals surface area contributed by atoms with Crippen molar-refractivity contribution in [2.24, 2.45) is 0 Å². The lowest BCUT2D eigenvalue weighted by molar-refractivity contribution is 0.102. The fourth-order valence-electron chi connectivity index (χ4n) is 4.25. The molecule has 1 unspecified atom stereocenters. The summed E-state index contributed by atoms with van der Waals surface area (Å²) in [6.07, 6.45) is 4.66. The number of rotatable bonds is 7. The van der Waals surface area contributed by atoms with E-state index in [9.17, 15) is 4.79 Å². The summed E-state index contributed by atoms with van der Waals surface area (Å²) in [5.74, 6) is 0.803. The number of anilines is 1. The van der Waals surface area contributed by atoms with Gasteiger partial charge in [-0.1, -0.05) is 43.7 Å². The third-order valence-corrected chi connectivity index (χ3v) is 7.12. The number of aryl methyl sites for hydroxylation is 1. The Balaban J connectivity index is 1.72.